The van der Waals surface area contributed by atoms with Gasteiger partial charge in [0.15, 0.2) is 11.5 Å². The molecular weight excluding hydrogens is 340 g/mol. The van der Waals surface area contributed by atoms with E-state index >= 15 is 0 Å². The van der Waals surface area contributed by atoms with Crippen molar-refractivity contribution in [2.75, 3.05) is 6.79 Å². The fourth-order valence-electron chi connectivity index (χ4n) is 2.02. The number of thiazole rings is 1. The molecule has 1 aliphatic rings. The fraction of sp³-hybridized carbons (Fsp3) is 0.357. The van der Waals surface area contributed by atoms with E-state index in [9.17, 15) is 0 Å². The Bertz CT molecular complexity index is 642. The summed E-state index contributed by atoms with van der Waals surface area (Å²) in [5.41, 5.74) is 8.37. The van der Waals surface area contributed by atoms with Gasteiger partial charge in [0.1, 0.15) is 5.01 Å². The lowest BCUT2D eigenvalue weighted by atomic mass is 10.1. The number of aromatic nitrogens is 1. The number of rotatable bonds is 3. The summed E-state index contributed by atoms with van der Waals surface area (Å²) in [6.07, 6.45) is 0. The van der Waals surface area contributed by atoms with Crippen LogP contribution in [0.1, 0.15) is 42.1 Å². The van der Waals surface area contributed by atoms with Gasteiger partial charge in [0.05, 0.1) is 16.2 Å². The molecule has 20 heavy (non-hydrogen) atoms. The second kappa shape index (κ2) is 5.35. The molecule has 0 saturated heterocycles. The van der Waals surface area contributed by atoms with Crippen molar-refractivity contribution < 1.29 is 9.47 Å². The summed E-state index contributed by atoms with van der Waals surface area (Å²) in [4.78, 5) is 4.62. The Labute approximate surface area is 130 Å². The van der Waals surface area contributed by atoms with Crippen molar-refractivity contribution in [1.29, 1.82) is 0 Å². The largest absolute Gasteiger partial charge is 0.454 e. The Morgan fingerprint density at radius 3 is 2.85 bits per heavy atom. The van der Waals surface area contributed by atoms with Crippen molar-refractivity contribution >= 4 is 27.3 Å². The van der Waals surface area contributed by atoms with Crippen molar-refractivity contribution in [3.8, 4) is 11.5 Å². The Balaban J connectivity index is 1.93. The van der Waals surface area contributed by atoms with Crippen LogP contribution in [0.2, 0.25) is 0 Å². The van der Waals surface area contributed by atoms with E-state index in [0.717, 1.165) is 32.2 Å². The van der Waals surface area contributed by atoms with Crippen LogP contribution < -0.4 is 15.2 Å². The number of nitrogens with zero attached hydrogens (tertiary/aromatic N) is 1. The molecule has 0 radical (unpaired) electrons. The molecule has 2 heterocycles. The van der Waals surface area contributed by atoms with Gasteiger partial charge in [-0.25, -0.2) is 4.98 Å². The predicted octanol–water partition coefficient (Wildman–Crippen LogP) is 3.81. The Hall–Kier alpha value is -1.11. The zero-order valence-corrected chi connectivity index (χ0v) is 13.6. The molecule has 0 spiro atoms. The Morgan fingerprint density at radius 1 is 1.35 bits per heavy atom. The first-order valence-electron chi connectivity index (χ1n) is 6.36. The van der Waals surface area contributed by atoms with Gasteiger partial charge < -0.3 is 15.2 Å². The van der Waals surface area contributed by atoms with E-state index < -0.39 is 0 Å². The number of ether oxygens (including phenoxy) is 2. The first-order valence-corrected chi connectivity index (χ1v) is 8.03. The van der Waals surface area contributed by atoms with Crippen LogP contribution in [-0.4, -0.2) is 11.8 Å². The van der Waals surface area contributed by atoms with Crippen molar-refractivity contribution in [3.63, 3.8) is 0 Å². The zero-order valence-electron chi connectivity index (χ0n) is 11.2. The molecule has 0 saturated carbocycles. The quantitative estimate of drug-likeness (QED) is 0.910. The SMILES string of the molecule is CC(C)c1csc(C(N)c2cc(Br)c3c(c2)OCO3)n1. The third-order valence-electron chi connectivity index (χ3n) is 3.21. The highest BCUT2D eigenvalue weighted by Gasteiger charge is 2.22. The first-order chi connectivity index (χ1) is 9.56. The molecule has 6 heteroatoms. The lowest BCUT2D eigenvalue weighted by Gasteiger charge is -2.11. The highest BCUT2D eigenvalue weighted by Crippen LogP contribution is 2.42. The molecule has 106 valence electrons. The Kier molecular flexibility index (Phi) is 3.70. The molecule has 2 aromatic rings. The number of fused-ring (bicyclic) bond motifs is 1. The molecule has 4 nitrogen and oxygen atoms in total. The van der Waals surface area contributed by atoms with E-state index in [1.807, 2.05) is 12.1 Å². The number of halogens is 1. The third-order valence-corrected chi connectivity index (χ3v) is 4.74. The van der Waals surface area contributed by atoms with Crippen molar-refractivity contribution in [2.45, 2.75) is 25.8 Å². The lowest BCUT2D eigenvalue weighted by Crippen LogP contribution is -2.12. The number of nitrogens with two attached hydrogens (primary N) is 1. The number of hydrogen-bond donors (Lipinski definition) is 1. The number of benzene rings is 1. The summed E-state index contributed by atoms with van der Waals surface area (Å²) in [5.74, 6) is 1.88. The van der Waals surface area contributed by atoms with Crippen LogP contribution in [-0.2, 0) is 0 Å². The normalized spacial score (nSPS) is 14.8. The maximum absolute atomic E-state index is 6.32. The minimum atomic E-state index is -0.252. The average Bonchev–Trinajstić information content (AvgIpc) is 3.06. The molecule has 1 aromatic carbocycles. The highest BCUT2D eigenvalue weighted by atomic mass is 79.9. The molecule has 1 aromatic heterocycles. The molecule has 1 aliphatic heterocycles. The van der Waals surface area contributed by atoms with Gasteiger partial charge in [-0.05, 0) is 39.5 Å². The van der Waals surface area contributed by atoms with E-state index in [-0.39, 0.29) is 12.8 Å². The monoisotopic (exact) mass is 354 g/mol. The average molecular weight is 355 g/mol. The van der Waals surface area contributed by atoms with Crippen LogP contribution in [0.15, 0.2) is 22.0 Å². The molecule has 1 atom stereocenters. The minimum Gasteiger partial charge on any atom is -0.454 e. The van der Waals surface area contributed by atoms with Gasteiger partial charge >= 0.3 is 0 Å². The van der Waals surface area contributed by atoms with Gasteiger partial charge in [-0.2, -0.15) is 0 Å². The van der Waals surface area contributed by atoms with E-state index in [0.29, 0.717) is 5.92 Å². The molecule has 3 rings (SSSR count). The van der Waals surface area contributed by atoms with E-state index in [2.05, 4.69) is 40.1 Å². The smallest absolute Gasteiger partial charge is 0.231 e. The summed E-state index contributed by atoms with van der Waals surface area (Å²) in [5, 5.41) is 2.99. The van der Waals surface area contributed by atoms with Gasteiger partial charge in [-0.15, -0.1) is 11.3 Å². The second-order valence-corrected chi connectivity index (χ2v) is 6.72. The molecule has 0 aliphatic carbocycles. The molecular formula is C14H15BrN2O2S. The molecule has 0 amide bonds. The lowest BCUT2D eigenvalue weighted by molar-refractivity contribution is 0.173. The Morgan fingerprint density at radius 2 is 2.15 bits per heavy atom. The van der Waals surface area contributed by atoms with E-state index in [1.165, 1.54) is 0 Å². The molecule has 2 N–H and O–H groups in total. The van der Waals surface area contributed by atoms with Crippen LogP contribution in [0, 0.1) is 0 Å². The van der Waals surface area contributed by atoms with Crippen LogP contribution in [0.3, 0.4) is 0 Å². The maximum Gasteiger partial charge on any atom is 0.231 e. The predicted molar refractivity (Wildman–Crippen MR) is 82.5 cm³/mol. The first kappa shape index (κ1) is 13.9. The van der Waals surface area contributed by atoms with Crippen LogP contribution >= 0.6 is 27.3 Å². The van der Waals surface area contributed by atoms with Gasteiger partial charge in [-0.3, -0.25) is 0 Å². The zero-order chi connectivity index (χ0) is 14.3. The van der Waals surface area contributed by atoms with Gasteiger partial charge in [0.25, 0.3) is 0 Å². The topological polar surface area (TPSA) is 57.4 Å². The minimum absolute atomic E-state index is 0.251. The van der Waals surface area contributed by atoms with Crippen molar-refractivity contribution in [1.82, 2.24) is 4.98 Å². The van der Waals surface area contributed by atoms with Crippen molar-refractivity contribution in [2.24, 2.45) is 5.73 Å². The second-order valence-electron chi connectivity index (χ2n) is 4.98. The number of hydrogen-bond acceptors (Lipinski definition) is 5. The molecule has 0 fully saturated rings. The summed E-state index contributed by atoms with van der Waals surface area (Å²) in [6.45, 7) is 4.50. The highest BCUT2D eigenvalue weighted by molar-refractivity contribution is 9.10. The standard InChI is InChI=1S/C14H15BrN2O2S/c1-7(2)10-5-20-14(17-10)12(16)8-3-9(15)13-11(4-8)18-6-19-13/h3-5,7,12H,6,16H2,1-2H3. The summed E-state index contributed by atoms with van der Waals surface area (Å²) in [7, 11) is 0. The van der Waals surface area contributed by atoms with Gasteiger partial charge in [0, 0.05) is 5.38 Å². The summed E-state index contributed by atoms with van der Waals surface area (Å²) >= 11 is 5.09. The molecule has 1 unspecified atom stereocenters. The van der Waals surface area contributed by atoms with Crippen molar-refractivity contribution in [3.05, 3.63) is 38.3 Å². The van der Waals surface area contributed by atoms with Gasteiger partial charge in [-0.1, -0.05) is 13.8 Å². The fourth-order valence-corrected chi connectivity index (χ4v) is 3.60. The van der Waals surface area contributed by atoms with Gasteiger partial charge in [0.2, 0.25) is 6.79 Å². The van der Waals surface area contributed by atoms with Crippen LogP contribution in [0.25, 0.3) is 0 Å². The third kappa shape index (κ3) is 2.43. The van der Waals surface area contributed by atoms with E-state index in [1.54, 1.807) is 11.3 Å². The van der Waals surface area contributed by atoms with Crippen LogP contribution in [0.4, 0.5) is 0 Å². The summed E-state index contributed by atoms with van der Waals surface area (Å²) in [6, 6.07) is 3.64. The maximum atomic E-state index is 6.32. The van der Waals surface area contributed by atoms with E-state index in [4.69, 9.17) is 15.2 Å². The molecule has 0 bridgehead atoms. The summed E-state index contributed by atoms with van der Waals surface area (Å²) < 4.78 is 11.7. The van der Waals surface area contributed by atoms with Crippen LogP contribution in [0.5, 0.6) is 11.5 Å².